The molecule has 34 heavy (non-hydrogen) atoms. The third-order valence-electron chi connectivity index (χ3n) is 6.24. The molecule has 2 heterocycles. The molecule has 3 aromatic carbocycles. The molecule has 0 saturated heterocycles. The predicted octanol–water partition coefficient (Wildman–Crippen LogP) is 4.34. The fourth-order valence-corrected chi connectivity index (χ4v) is 4.31. The minimum Gasteiger partial charge on any atom is -0.507 e. The summed E-state index contributed by atoms with van der Waals surface area (Å²) in [6.07, 6.45) is -0.0186. The number of carbonyl (C=O) groups excluding carboxylic acids is 1. The summed E-state index contributed by atoms with van der Waals surface area (Å²) in [6.45, 7) is 3.92. The van der Waals surface area contributed by atoms with Crippen molar-refractivity contribution in [2.45, 2.75) is 26.2 Å². The van der Waals surface area contributed by atoms with Crippen LogP contribution in [0.15, 0.2) is 51.7 Å². The number of benzene rings is 3. The van der Waals surface area contributed by atoms with Crippen molar-refractivity contribution < 1.29 is 34.4 Å². The Morgan fingerprint density at radius 3 is 2.32 bits per heavy atom. The van der Waals surface area contributed by atoms with Gasteiger partial charge < -0.3 is 29.6 Å². The van der Waals surface area contributed by atoms with Crippen LogP contribution in [-0.2, 0) is 4.79 Å². The van der Waals surface area contributed by atoms with Crippen LogP contribution in [0.5, 0.6) is 28.7 Å². The second-order valence-electron chi connectivity index (χ2n) is 8.40. The number of hydrogen-bond donors (Lipinski definition) is 4. The lowest BCUT2D eigenvalue weighted by Crippen LogP contribution is -2.22. The summed E-state index contributed by atoms with van der Waals surface area (Å²) in [5.41, 5.74) is 2.46. The Hall–Kier alpha value is -4.46. The van der Waals surface area contributed by atoms with E-state index in [1.54, 1.807) is 0 Å². The fraction of sp³-hybridized carbons (Fsp3) is 0.154. The van der Waals surface area contributed by atoms with Gasteiger partial charge in [0.05, 0.1) is 6.42 Å². The first-order valence-electron chi connectivity index (χ1n) is 10.5. The van der Waals surface area contributed by atoms with E-state index in [1.807, 2.05) is 32.0 Å². The molecule has 8 heteroatoms. The van der Waals surface area contributed by atoms with E-state index in [0.29, 0.717) is 5.56 Å². The quantitative estimate of drug-likeness (QED) is 0.197. The lowest BCUT2D eigenvalue weighted by molar-refractivity contribution is -0.135. The van der Waals surface area contributed by atoms with Crippen molar-refractivity contribution in [3.63, 3.8) is 0 Å². The Morgan fingerprint density at radius 1 is 0.853 bits per heavy atom. The molecule has 0 radical (unpaired) electrons. The summed E-state index contributed by atoms with van der Waals surface area (Å²) >= 11 is 0. The van der Waals surface area contributed by atoms with Gasteiger partial charge in [0.25, 0.3) is 0 Å². The van der Waals surface area contributed by atoms with Gasteiger partial charge in [0, 0.05) is 23.1 Å². The molecular formula is C26H20O8. The number of fused-ring (bicyclic) bond motifs is 3. The Labute approximate surface area is 192 Å². The predicted molar refractivity (Wildman–Crippen MR) is 123 cm³/mol. The van der Waals surface area contributed by atoms with Crippen LogP contribution in [0, 0.1) is 13.8 Å². The smallest absolute Gasteiger partial charge is 0.312 e. The number of carbonyl (C=O) groups is 1. The number of aryl methyl sites for hydroxylation is 2. The van der Waals surface area contributed by atoms with Gasteiger partial charge >= 0.3 is 5.97 Å². The van der Waals surface area contributed by atoms with E-state index in [4.69, 9.17) is 9.15 Å². The van der Waals surface area contributed by atoms with Crippen molar-refractivity contribution in [1.29, 1.82) is 0 Å². The van der Waals surface area contributed by atoms with Crippen molar-refractivity contribution in [2.24, 2.45) is 0 Å². The summed E-state index contributed by atoms with van der Waals surface area (Å²) in [6, 6.07) is 10.6. The van der Waals surface area contributed by atoms with E-state index in [-0.39, 0.29) is 40.2 Å². The van der Waals surface area contributed by atoms with E-state index in [2.05, 4.69) is 0 Å². The molecule has 0 bridgehead atoms. The number of aromatic hydroxyl groups is 4. The zero-order valence-electron chi connectivity index (χ0n) is 18.2. The Kier molecular flexibility index (Phi) is 4.75. The highest BCUT2D eigenvalue weighted by molar-refractivity contribution is 5.94. The minimum atomic E-state index is -0.889. The number of hydrogen-bond acceptors (Lipinski definition) is 8. The van der Waals surface area contributed by atoms with Crippen molar-refractivity contribution in [1.82, 2.24) is 0 Å². The Bertz CT molecular complexity index is 1560. The van der Waals surface area contributed by atoms with Crippen molar-refractivity contribution in [3.05, 3.63) is 74.9 Å². The van der Waals surface area contributed by atoms with Gasteiger partial charge in [0.2, 0.25) is 11.2 Å². The molecule has 1 aliphatic heterocycles. The van der Waals surface area contributed by atoms with Gasteiger partial charge in [-0.15, -0.1) is 0 Å². The van der Waals surface area contributed by atoms with Gasteiger partial charge in [-0.25, -0.2) is 0 Å². The van der Waals surface area contributed by atoms with Crippen molar-refractivity contribution in [2.75, 3.05) is 0 Å². The third-order valence-corrected chi connectivity index (χ3v) is 6.24. The summed E-state index contributed by atoms with van der Waals surface area (Å²) in [7, 11) is 0. The van der Waals surface area contributed by atoms with E-state index in [9.17, 15) is 30.0 Å². The van der Waals surface area contributed by atoms with Gasteiger partial charge in [0.1, 0.15) is 22.5 Å². The maximum Gasteiger partial charge on any atom is 0.312 e. The molecule has 172 valence electrons. The summed E-state index contributed by atoms with van der Waals surface area (Å²) in [5, 5.41) is 40.4. The maximum absolute atomic E-state index is 13.1. The Balaban J connectivity index is 1.85. The molecular weight excluding hydrogens is 440 g/mol. The van der Waals surface area contributed by atoms with Crippen LogP contribution < -0.4 is 10.2 Å². The van der Waals surface area contributed by atoms with Crippen LogP contribution in [0.3, 0.4) is 0 Å². The minimum absolute atomic E-state index is 0.0186. The molecule has 8 nitrogen and oxygen atoms in total. The first-order chi connectivity index (χ1) is 16.2. The fourth-order valence-electron chi connectivity index (χ4n) is 4.31. The Morgan fingerprint density at radius 2 is 1.62 bits per heavy atom. The molecule has 0 aliphatic carbocycles. The largest absolute Gasteiger partial charge is 0.507 e. The molecule has 4 N–H and O–H groups in total. The lowest BCUT2D eigenvalue weighted by atomic mass is 9.84. The van der Waals surface area contributed by atoms with E-state index in [1.165, 1.54) is 18.2 Å². The number of phenolic OH excluding ortho intramolecular Hbond substituents is 3. The van der Waals surface area contributed by atoms with Gasteiger partial charge in [-0.1, -0.05) is 18.2 Å². The number of rotatable bonds is 2. The number of phenols is 3. The molecule has 1 aromatic heterocycles. The summed E-state index contributed by atoms with van der Waals surface area (Å²) in [4.78, 5) is 25.5. The van der Waals surface area contributed by atoms with E-state index >= 15 is 0 Å². The highest BCUT2D eigenvalue weighted by Crippen LogP contribution is 2.47. The molecule has 1 atom stereocenters. The first kappa shape index (κ1) is 21.4. The molecule has 0 unspecified atom stereocenters. The number of ether oxygens (including phenoxy) is 1. The van der Waals surface area contributed by atoms with Crippen LogP contribution in [0.25, 0.3) is 22.3 Å². The van der Waals surface area contributed by atoms with Crippen LogP contribution in [0.1, 0.15) is 34.6 Å². The average Bonchev–Trinajstić information content (AvgIpc) is 2.78. The SMILES string of the molecule is Cc1ccc([C@@H]2CC(=O)Oc3cc(O)c4c(=O)c(O)c(-c5ccc(O)c(O)c5)oc4c32)cc1C. The van der Waals surface area contributed by atoms with E-state index in [0.717, 1.165) is 22.8 Å². The highest BCUT2D eigenvalue weighted by Gasteiger charge is 2.34. The summed E-state index contributed by atoms with van der Waals surface area (Å²) in [5.74, 6) is -3.39. The van der Waals surface area contributed by atoms with Gasteiger partial charge in [-0.05, 0) is 48.7 Å². The highest BCUT2D eigenvalue weighted by atomic mass is 16.5. The molecule has 0 saturated carbocycles. The van der Waals surface area contributed by atoms with Crippen molar-refractivity contribution >= 4 is 16.9 Å². The van der Waals surface area contributed by atoms with Crippen LogP contribution in [0.2, 0.25) is 0 Å². The molecule has 4 aromatic rings. The lowest BCUT2D eigenvalue weighted by Gasteiger charge is -2.26. The van der Waals surface area contributed by atoms with Gasteiger partial charge in [-0.3, -0.25) is 9.59 Å². The van der Waals surface area contributed by atoms with E-state index < -0.39 is 34.6 Å². The van der Waals surface area contributed by atoms with Crippen molar-refractivity contribution in [3.8, 4) is 40.1 Å². The second kappa shape index (κ2) is 7.55. The average molecular weight is 460 g/mol. The van der Waals surface area contributed by atoms with Gasteiger partial charge in [-0.2, -0.15) is 0 Å². The first-order valence-corrected chi connectivity index (χ1v) is 10.5. The molecule has 0 spiro atoms. The normalized spacial score (nSPS) is 15.2. The molecule has 0 amide bonds. The zero-order chi connectivity index (χ0) is 24.3. The molecule has 5 rings (SSSR count). The third kappa shape index (κ3) is 3.23. The standard InChI is InChI=1S/C26H20O8/c1-11-3-4-13(7-12(11)2)15-9-20(30)33-19-10-18(29)22-23(31)24(32)25(34-26(22)21(15)19)14-5-6-16(27)17(28)8-14/h3-8,10,15,27-29,32H,9H2,1-2H3/t15-/m0/s1. The van der Waals surface area contributed by atoms with Gasteiger partial charge in [0.15, 0.2) is 17.3 Å². The second-order valence-corrected chi connectivity index (χ2v) is 8.40. The van der Waals surface area contributed by atoms with Crippen LogP contribution in [0.4, 0.5) is 0 Å². The zero-order valence-corrected chi connectivity index (χ0v) is 18.2. The van der Waals surface area contributed by atoms with Crippen LogP contribution in [-0.4, -0.2) is 26.4 Å². The molecule has 0 fully saturated rings. The molecule has 1 aliphatic rings. The number of esters is 1. The van der Waals surface area contributed by atoms with Crippen LogP contribution >= 0.6 is 0 Å². The summed E-state index contributed by atoms with van der Waals surface area (Å²) < 4.78 is 11.4. The monoisotopic (exact) mass is 460 g/mol. The maximum atomic E-state index is 13.1. The topological polar surface area (TPSA) is 137 Å².